The Bertz CT molecular complexity index is 1460. The number of unbranched alkanes of at least 4 members (excludes halogenated alkanes) is 1. The van der Waals surface area contributed by atoms with Crippen LogP contribution in [0.1, 0.15) is 38.2 Å². The molecule has 0 spiro atoms. The summed E-state index contributed by atoms with van der Waals surface area (Å²) >= 11 is 0. The summed E-state index contributed by atoms with van der Waals surface area (Å²) in [6.07, 6.45) is 5.92. The number of rotatable bonds is 18. The minimum Gasteiger partial charge on any atom is -0.487 e. The van der Waals surface area contributed by atoms with Crippen LogP contribution < -0.4 is 15.0 Å². The second-order valence-electron chi connectivity index (χ2n) is 14.1. The first-order chi connectivity index (χ1) is 20.8. The van der Waals surface area contributed by atoms with E-state index < -0.39 is 22.8 Å². The van der Waals surface area contributed by atoms with Crippen LogP contribution in [0.25, 0.3) is 22.2 Å². The Morgan fingerprint density at radius 3 is 2.23 bits per heavy atom. The van der Waals surface area contributed by atoms with Crippen molar-refractivity contribution in [3.63, 3.8) is 0 Å². The molecule has 1 saturated carbocycles. The summed E-state index contributed by atoms with van der Waals surface area (Å²) in [6, 6.07) is 7.04. The highest BCUT2D eigenvalue weighted by atomic mass is 28.3. The van der Waals surface area contributed by atoms with E-state index in [1.807, 2.05) is 4.57 Å². The lowest BCUT2D eigenvalue weighted by Gasteiger charge is -2.18. The van der Waals surface area contributed by atoms with Crippen LogP contribution in [-0.2, 0) is 29.4 Å². The molecule has 44 heavy (non-hydrogen) atoms. The van der Waals surface area contributed by atoms with E-state index in [1.54, 1.807) is 18.3 Å². The normalized spacial score (nSPS) is 14.1. The molecule has 244 valence electrons. The van der Waals surface area contributed by atoms with Crippen molar-refractivity contribution in [2.24, 2.45) is 0 Å². The molecule has 0 saturated heterocycles. The smallest absolute Gasteiger partial charge is 0.387 e. The Morgan fingerprint density at radius 1 is 0.977 bits per heavy atom. The second-order valence-corrected chi connectivity index (χ2v) is 25.4. The van der Waals surface area contributed by atoms with Crippen LogP contribution in [0.2, 0.25) is 51.4 Å². The summed E-state index contributed by atoms with van der Waals surface area (Å²) in [7, 11) is -2.60. The molecule has 1 aromatic carbocycles. The lowest BCUT2D eigenvalue weighted by Crippen LogP contribution is -2.26. The van der Waals surface area contributed by atoms with Crippen LogP contribution in [0.4, 0.5) is 8.78 Å². The number of aromatic nitrogens is 3. The van der Waals surface area contributed by atoms with Crippen molar-refractivity contribution in [2.75, 3.05) is 13.2 Å². The van der Waals surface area contributed by atoms with Gasteiger partial charge in [0.2, 0.25) is 0 Å². The van der Waals surface area contributed by atoms with Gasteiger partial charge in [-0.2, -0.15) is 13.9 Å². The molecule has 0 aliphatic heterocycles. The molecule has 2 heterocycles. The van der Waals surface area contributed by atoms with E-state index in [2.05, 4.69) is 51.3 Å². The van der Waals surface area contributed by atoms with Gasteiger partial charge in [0.15, 0.2) is 11.5 Å². The molecule has 0 atom stereocenters. The van der Waals surface area contributed by atoms with Crippen LogP contribution in [0, 0.1) is 0 Å². The number of benzene rings is 1. The molecule has 0 radical (unpaired) electrons. The highest BCUT2D eigenvalue weighted by molar-refractivity contribution is 6.76. The predicted octanol–water partition coefficient (Wildman–Crippen LogP) is 7.97. The molecular weight excluding hydrogens is 601 g/mol. The summed E-state index contributed by atoms with van der Waals surface area (Å²) in [4.78, 5) is 14.0. The van der Waals surface area contributed by atoms with Gasteiger partial charge >= 0.3 is 6.61 Å². The van der Waals surface area contributed by atoms with Gasteiger partial charge in [0.05, 0.1) is 28.9 Å². The lowest BCUT2D eigenvalue weighted by molar-refractivity contribution is -0.0516. The first-order valence-electron chi connectivity index (χ1n) is 15.8. The summed E-state index contributed by atoms with van der Waals surface area (Å²) in [5, 5.41) is 5.09. The topological polar surface area (TPSA) is 76.7 Å². The van der Waals surface area contributed by atoms with E-state index in [-0.39, 0.29) is 36.6 Å². The number of aryl methyl sites for hydroxylation is 1. The average Bonchev–Trinajstić information content (AvgIpc) is 3.69. The fraction of sp³-hybridized carbons (Fsp3) is 0.625. The summed E-state index contributed by atoms with van der Waals surface area (Å²) in [5.74, 6) is 0.272. The summed E-state index contributed by atoms with van der Waals surface area (Å²) < 4.78 is 52.8. The number of alkyl halides is 2. The van der Waals surface area contributed by atoms with E-state index in [1.165, 1.54) is 10.7 Å². The van der Waals surface area contributed by atoms with Crippen molar-refractivity contribution in [3.8, 4) is 22.8 Å². The summed E-state index contributed by atoms with van der Waals surface area (Å²) in [5.41, 5.74) is 2.91. The van der Waals surface area contributed by atoms with Crippen molar-refractivity contribution < 1.29 is 27.7 Å². The van der Waals surface area contributed by atoms with Crippen LogP contribution >= 0.6 is 0 Å². The van der Waals surface area contributed by atoms with Crippen LogP contribution in [0.15, 0.2) is 29.2 Å². The Hall–Kier alpha value is -2.55. The van der Waals surface area contributed by atoms with Crippen LogP contribution in [0.3, 0.4) is 0 Å². The molecule has 4 rings (SSSR count). The van der Waals surface area contributed by atoms with Gasteiger partial charge < -0.3 is 23.5 Å². The molecule has 0 amide bonds. The fourth-order valence-corrected chi connectivity index (χ4v) is 6.41. The molecule has 2 aromatic heterocycles. The SMILES string of the molecule is CCCCc1c(-c2ccc(OC(F)F)c(OC3CC3)c2)n(COCC[Si](C)(C)C)c2cnn(COCC[Si](C)(C)C)c(=O)c12. The molecule has 1 aliphatic carbocycles. The summed E-state index contributed by atoms with van der Waals surface area (Å²) in [6.45, 7) is 14.4. The first kappa shape index (κ1) is 34.3. The maximum Gasteiger partial charge on any atom is 0.387 e. The number of hydrogen-bond donors (Lipinski definition) is 0. The molecule has 0 unspecified atom stereocenters. The van der Waals surface area contributed by atoms with Crippen LogP contribution in [0.5, 0.6) is 11.5 Å². The predicted molar refractivity (Wildman–Crippen MR) is 177 cm³/mol. The minimum absolute atomic E-state index is 0.000653. The minimum atomic E-state index is -2.97. The van der Waals surface area contributed by atoms with Crippen molar-refractivity contribution in [2.45, 2.75) is 117 Å². The van der Waals surface area contributed by atoms with E-state index >= 15 is 0 Å². The van der Waals surface area contributed by atoms with Crippen molar-refractivity contribution in [1.82, 2.24) is 14.3 Å². The number of halogens is 2. The number of fused-ring (bicyclic) bond motifs is 1. The van der Waals surface area contributed by atoms with E-state index in [9.17, 15) is 13.6 Å². The molecule has 0 N–H and O–H groups in total. The molecule has 12 heteroatoms. The van der Waals surface area contributed by atoms with Gasteiger partial charge in [0, 0.05) is 34.9 Å². The highest BCUT2D eigenvalue weighted by Gasteiger charge is 2.28. The molecule has 1 fully saturated rings. The third kappa shape index (κ3) is 9.48. The van der Waals surface area contributed by atoms with E-state index in [0.717, 1.165) is 54.6 Å². The fourth-order valence-electron chi connectivity index (χ4n) is 4.89. The number of ether oxygens (including phenoxy) is 4. The van der Waals surface area contributed by atoms with Crippen LogP contribution in [-0.4, -0.2) is 56.4 Å². The Kier molecular flexibility index (Phi) is 11.5. The standard InChI is InChI=1S/C32H49F2N3O5Si2/c1-8-9-10-25-29-26(20-35-37(31(29)38)22-40-16-18-44(5,6)7)36(21-39-15-17-43(2,3)4)30(25)23-11-14-27(42-32(33)34)28(19-23)41-24-12-13-24/h11,14,19-20,24,32H,8-10,12-13,15-18,21-22H2,1-7H3. The third-order valence-electron chi connectivity index (χ3n) is 7.63. The Labute approximate surface area is 261 Å². The van der Waals surface area contributed by atoms with Gasteiger partial charge in [-0.05, 0) is 61.5 Å². The second kappa shape index (κ2) is 14.7. The van der Waals surface area contributed by atoms with Gasteiger partial charge in [-0.25, -0.2) is 4.68 Å². The quantitative estimate of drug-likeness (QED) is 0.103. The monoisotopic (exact) mass is 649 g/mol. The van der Waals surface area contributed by atoms with E-state index in [0.29, 0.717) is 30.5 Å². The van der Waals surface area contributed by atoms with E-state index in [4.69, 9.17) is 18.9 Å². The molecule has 0 bridgehead atoms. The van der Waals surface area contributed by atoms with Crippen molar-refractivity contribution in [3.05, 3.63) is 40.3 Å². The van der Waals surface area contributed by atoms with Gasteiger partial charge in [0.1, 0.15) is 13.5 Å². The maximum absolute atomic E-state index is 14.0. The molecular formula is C32H49F2N3O5Si2. The number of hydrogen-bond acceptors (Lipinski definition) is 6. The molecule has 3 aromatic rings. The number of nitrogens with zero attached hydrogens (tertiary/aromatic N) is 3. The lowest BCUT2D eigenvalue weighted by atomic mass is 10.0. The first-order valence-corrected chi connectivity index (χ1v) is 23.2. The average molecular weight is 650 g/mol. The van der Waals surface area contributed by atoms with Crippen molar-refractivity contribution in [1.29, 1.82) is 0 Å². The van der Waals surface area contributed by atoms with Crippen molar-refractivity contribution >= 4 is 27.1 Å². The van der Waals surface area contributed by atoms with Gasteiger partial charge in [-0.15, -0.1) is 0 Å². The Balaban J connectivity index is 1.82. The van der Waals surface area contributed by atoms with Gasteiger partial charge in [-0.3, -0.25) is 4.79 Å². The zero-order valence-corrected chi connectivity index (χ0v) is 29.4. The zero-order chi connectivity index (χ0) is 32.1. The highest BCUT2D eigenvalue weighted by Crippen LogP contribution is 2.40. The van der Waals surface area contributed by atoms with Gasteiger partial charge in [0.25, 0.3) is 5.56 Å². The Morgan fingerprint density at radius 2 is 1.64 bits per heavy atom. The zero-order valence-electron chi connectivity index (χ0n) is 27.4. The largest absolute Gasteiger partial charge is 0.487 e. The third-order valence-corrected chi connectivity index (χ3v) is 11.0. The van der Waals surface area contributed by atoms with Gasteiger partial charge in [-0.1, -0.05) is 52.6 Å². The molecule has 8 nitrogen and oxygen atoms in total. The molecule has 1 aliphatic rings. The maximum atomic E-state index is 14.0.